The second kappa shape index (κ2) is 14.7. The molecule has 2 amide bonds. The Morgan fingerprint density at radius 3 is 2.18 bits per heavy atom. The Hall–Kier alpha value is -3.67. The molecule has 11 nitrogen and oxygen atoms in total. The number of carbonyl (C=O) groups excluding carboxylic acids is 2. The molecule has 2 unspecified atom stereocenters. The summed E-state index contributed by atoms with van der Waals surface area (Å²) >= 11 is 5.44. The Bertz CT molecular complexity index is 1800. The van der Waals surface area contributed by atoms with Gasteiger partial charge in [-0.05, 0) is 31.2 Å². The molecule has 6 rings (SSSR count). The van der Waals surface area contributed by atoms with Crippen molar-refractivity contribution in [2.24, 2.45) is 4.99 Å². The van der Waals surface area contributed by atoms with Crippen molar-refractivity contribution in [3.05, 3.63) is 59.7 Å². The fraction of sp³-hybridized carbons (Fsp3) is 0.457. The van der Waals surface area contributed by atoms with Crippen LogP contribution in [-0.4, -0.2) is 117 Å². The highest BCUT2D eigenvalue weighted by Crippen LogP contribution is 2.46. The fourth-order valence-corrected chi connectivity index (χ4v) is 11.3. The van der Waals surface area contributed by atoms with Crippen LogP contribution in [0, 0.1) is 0 Å². The average molecular weight is 727 g/mol. The molecule has 0 bridgehead atoms. The van der Waals surface area contributed by atoms with E-state index in [1.165, 1.54) is 14.2 Å². The van der Waals surface area contributed by atoms with Crippen LogP contribution in [0.1, 0.15) is 33.6 Å². The summed E-state index contributed by atoms with van der Waals surface area (Å²) in [4.78, 5) is 34.9. The Morgan fingerprint density at radius 1 is 0.898 bits per heavy atom. The molecule has 4 aliphatic heterocycles. The van der Waals surface area contributed by atoms with Crippen molar-refractivity contribution in [2.75, 3.05) is 82.9 Å². The minimum Gasteiger partial charge on any atom is -0.493 e. The fourth-order valence-electron chi connectivity index (χ4n) is 6.72. The number of carbonyl (C=O) groups is 2. The molecule has 262 valence electrons. The summed E-state index contributed by atoms with van der Waals surface area (Å²) in [6.45, 7) is 10.1. The maximum absolute atomic E-state index is 14.3. The topological polar surface area (TPSA) is 119 Å². The van der Waals surface area contributed by atoms with E-state index in [1.54, 1.807) is 35.4 Å². The summed E-state index contributed by atoms with van der Waals surface area (Å²) in [6, 6.07) is 6.82. The van der Waals surface area contributed by atoms with Crippen LogP contribution in [0.25, 0.3) is 0 Å². The molecule has 0 aromatic heterocycles. The van der Waals surface area contributed by atoms with Crippen molar-refractivity contribution in [3.8, 4) is 23.0 Å². The summed E-state index contributed by atoms with van der Waals surface area (Å²) in [5.41, 5.74) is 4.21. The van der Waals surface area contributed by atoms with Crippen LogP contribution in [0.4, 0.5) is 11.4 Å². The number of rotatable bonds is 13. The summed E-state index contributed by atoms with van der Waals surface area (Å²) < 4.78 is 37.9. The Labute approximate surface area is 294 Å². The van der Waals surface area contributed by atoms with Gasteiger partial charge in [-0.25, -0.2) is 0 Å². The molecule has 2 saturated heterocycles. The molecule has 2 aromatic carbocycles. The molecule has 0 aliphatic carbocycles. The van der Waals surface area contributed by atoms with Crippen LogP contribution >= 0.6 is 7.14 Å². The second-order valence-electron chi connectivity index (χ2n) is 12.9. The molecule has 4 heterocycles. The Morgan fingerprint density at radius 2 is 1.51 bits per heavy atom. The van der Waals surface area contributed by atoms with Gasteiger partial charge in [0.1, 0.15) is 0 Å². The normalized spacial score (nSPS) is 21.4. The van der Waals surface area contributed by atoms with Gasteiger partial charge in [0.2, 0.25) is 0 Å². The number of aliphatic imine (C=N–C) groups is 1. The summed E-state index contributed by atoms with van der Waals surface area (Å²) in [7, 11) is -0.0192. The van der Waals surface area contributed by atoms with Gasteiger partial charge in [0.15, 0.2) is 23.0 Å². The monoisotopic (exact) mass is 726 g/mol. The molecular formula is C35H43N4O7PS2. The third-order valence-corrected chi connectivity index (χ3v) is 14.0. The summed E-state index contributed by atoms with van der Waals surface area (Å²) in [6.07, 6.45) is 6.32. The summed E-state index contributed by atoms with van der Waals surface area (Å²) in [5, 5.41) is 3.40. The maximum atomic E-state index is 14.3. The molecule has 0 radical (unpaired) electrons. The zero-order valence-corrected chi connectivity index (χ0v) is 30.7. The quantitative estimate of drug-likeness (QED) is 0.227. The first-order chi connectivity index (χ1) is 23.5. The molecule has 2 fully saturated rings. The zero-order chi connectivity index (χ0) is 34.9. The van der Waals surface area contributed by atoms with E-state index in [0.29, 0.717) is 95.8 Å². The Kier molecular flexibility index (Phi) is 10.5. The van der Waals surface area contributed by atoms with E-state index in [9.17, 15) is 14.2 Å². The average Bonchev–Trinajstić information content (AvgIpc) is 3.59. The van der Waals surface area contributed by atoms with E-state index < -0.39 is 7.14 Å². The second-order valence-corrected chi connectivity index (χ2v) is 19.6. The molecule has 2 aromatic rings. The van der Waals surface area contributed by atoms with E-state index >= 15 is 0 Å². The lowest BCUT2D eigenvalue weighted by atomic mass is 10.1. The number of anilines is 1. The van der Waals surface area contributed by atoms with Crippen molar-refractivity contribution >= 4 is 57.2 Å². The number of nitrogens with one attached hydrogen (secondary N) is 1. The van der Waals surface area contributed by atoms with Gasteiger partial charge in [-0.3, -0.25) is 14.6 Å². The first-order valence-electron chi connectivity index (χ1n) is 16.3. The minimum absolute atomic E-state index is 0.0582. The van der Waals surface area contributed by atoms with Gasteiger partial charge in [-0.1, -0.05) is 35.5 Å². The predicted molar refractivity (Wildman–Crippen MR) is 199 cm³/mol. The number of hydrogen-bond acceptors (Lipinski definition) is 10. The summed E-state index contributed by atoms with van der Waals surface area (Å²) in [5.74, 6) is 2.23. The van der Waals surface area contributed by atoms with Gasteiger partial charge >= 0.3 is 0 Å². The van der Waals surface area contributed by atoms with Crippen molar-refractivity contribution in [2.45, 2.75) is 24.9 Å². The van der Waals surface area contributed by atoms with E-state index in [-0.39, 0.29) is 46.6 Å². The van der Waals surface area contributed by atoms with E-state index in [4.69, 9.17) is 30.1 Å². The largest absolute Gasteiger partial charge is 0.493 e. The van der Waals surface area contributed by atoms with Crippen molar-refractivity contribution in [1.29, 1.82) is 0 Å². The lowest BCUT2D eigenvalue weighted by Crippen LogP contribution is -2.36. The van der Waals surface area contributed by atoms with Gasteiger partial charge in [0, 0.05) is 62.2 Å². The van der Waals surface area contributed by atoms with Crippen LogP contribution in [0.3, 0.4) is 0 Å². The third-order valence-electron chi connectivity index (χ3n) is 9.43. The zero-order valence-electron chi connectivity index (χ0n) is 28.2. The van der Waals surface area contributed by atoms with Gasteiger partial charge < -0.3 is 38.6 Å². The highest BCUT2D eigenvalue weighted by Gasteiger charge is 2.36. The van der Waals surface area contributed by atoms with Gasteiger partial charge in [-0.15, -0.1) is 9.45 Å². The highest BCUT2D eigenvalue weighted by molar-refractivity contribution is 8.28. The number of nitrogens with zero attached hydrogens (tertiary/aromatic N) is 3. The smallest absolute Gasteiger partial charge is 0.257 e. The van der Waals surface area contributed by atoms with E-state index in [1.807, 2.05) is 11.2 Å². The van der Waals surface area contributed by atoms with Crippen molar-refractivity contribution < 1.29 is 33.1 Å². The van der Waals surface area contributed by atoms with Crippen LogP contribution in [0.2, 0.25) is 0 Å². The van der Waals surface area contributed by atoms with E-state index in [0.717, 1.165) is 17.6 Å². The van der Waals surface area contributed by atoms with Crippen LogP contribution in [0.15, 0.2) is 53.6 Å². The third kappa shape index (κ3) is 7.59. The SMILES string of the molecule is C=C1C[C@H]2CNc3cc(OCCP(=O)(CCOc4cc5c(cc4OC)C(=O)N4CC(=C)C[C@H]4C=N5)CCS(C)=S)c(OC)cc3C(=O)N2C1. The molecule has 49 heavy (non-hydrogen) atoms. The van der Waals surface area contributed by atoms with Crippen LogP contribution < -0.4 is 24.3 Å². The van der Waals surface area contributed by atoms with E-state index in [2.05, 4.69) is 23.5 Å². The molecular weight excluding hydrogens is 684 g/mol. The standard InChI is InChI=1S/C35H43N4O7PS2/c1-22-12-24-18-36-28-16-32(30(43-3)14-26(28)34(40)38(24)20-22)45-6-8-47(42,10-11-49(5)48)9-7-46-33-17-29-27(15-31(33)44-4)35(41)39-21-23(2)13-25(39)19-37-29/h14-18,24-25,37H,1-2,6-13,19-21H2,3-5H3/t24-,25-,47?,49?/m0/s1. The molecule has 14 heteroatoms. The first kappa shape index (κ1) is 35.2. The highest BCUT2D eigenvalue weighted by atomic mass is 32.8. The predicted octanol–water partition coefficient (Wildman–Crippen LogP) is 4.92. The van der Waals surface area contributed by atoms with Crippen molar-refractivity contribution in [3.63, 3.8) is 0 Å². The first-order valence-corrected chi connectivity index (χ1v) is 21.3. The lowest BCUT2D eigenvalue weighted by molar-refractivity contribution is 0.0750. The molecule has 1 N–H and O–H groups in total. The van der Waals surface area contributed by atoms with Gasteiger partial charge in [0.25, 0.3) is 11.8 Å². The minimum atomic E-state index is -2.79. The number of amides is 2. The maximum Gasteiger partial charge on any atom is 0.257 e. The van der Waals surface area contributed by atoms with Gasteiger partial charge in [0.05, 0.1) is 69.2 Å². The molecule has 0 saturated carbocycles. The number of benzene rings is 2. The number of fused-ring (bicyclic) bond motifs is 4. The number of ether oxygens (including phenoxy) is 4. The van der Waals surface area contributed by atoms with Crippen LogP contribution in [0.5, 0.6) is 23.0 Å². The molecule has 4 atom stereocenters. The lowest BCUT2D eigenvalue weighted by Gasteiger charge is -2.22. The van der Waals surface area contributed by atoms with Crippen molar-refractivity contribution in [1.82, 2.24) is 9.80 Å². The molecule has 4 aliphatic rings. The number of hydrogen-bond donors (Lipinski definition) is 1. The number of methoxy groups -OCH3 is 2. The Balaban J connectivity index is 1.13. The van der Waals surface area contributed by atoms with Gasteiger partial charge in [-0.2, -0.15) is 0 Å². The molecule has 0 spiro atoms. The van der Waals surface area contributed by atoms with Crippen LogP contribution in [-0.2, 0) is 25.2 Å².